The van der Waals surface area contributed by atoms with E-state index in [9.17, 15) is 4.79 Å². The van der Waals surface area contributed by atoms with E-state index in [1.807, 2.05) is 0 Å². The first-order chi connectivity index (χ1) is 6.61. The first-order valence-corrected chi connectivity index (χ1v) is 5.60. The minimum Gasteiger partial charge on any atom is -0.342 e. The molecule has 0 aromatic rings. The predicted octanol–water partition coefficient (Wildman–Crippen LogP) is 0.854. The summed E-state index contributed by atoms with van der Waals surface area (Å²) in [6.07, 6.45) is 1.94. The molecule has 2 fully saturated rings. The first kappa shape index (κ1) is 9.97. The molecule has 80 valence electrons. The quantitative estimate of drug-likeness (QED) is 0.710. The SMILES string of the molecule is CC(C)CN1CC2(CCNC2)CC1=O. The van der Waals surface area contributed by atoms with Crippen molar-refractivity contribution in [3.63, 3.8) is 0 Å². The maximum absolute atomic E-state index is 11.8. The zero-order valence-electron chi connectivity index (χ0n) is 9.18. The summed E-state index contributed by atoms with van der Waals surface area (Å²) in [4.78, 5) is 13.8. The van der Waals surface area contributed by atoms with E-state index in [1.54, 1.807) is 0 Å². The number of likely N-dealkylation sites (tertiary alicyclic amines) is 1. The Bertz CT molecular complexity index is 231. The minimum absolute atomic E-state index is 0.284. The normalized spacial score (nSPS) is 32.5. The van der Waals surface area contributed by atoms with E-state index in [1.165, 1.54) is 6.42 Å². The molecule has 1 atom stereocenters. The van der Waals surface area contributed by atoms with Gasteiger partial charge in [-0.25, -0.2) is 0 Å². The van der Waals surface area contributed by atoms with Crippen molar-refractivity contribution in [2.24, 2.45) is 11.3 Å². The van der Waals surface area contributed by atoms with E-state index < -0.39 is 0 Å². The van der Waals surface area contributed by atoms with Crippen molar-refractivity contribution in [2.45, 2.75) is 26.7 Å². The average Bonchev–Trinajstić information content (AvgIpc) is 2.61. The Morgan fingerprint density at radius 2 is 2.36 bits per heavy atom. The molecule has 2 saturated heterocycles. The molecule has 2 aliphatic heterocycles. The van der Waals surface area contributed by atoms with Gasteiger partial charge in [-0.05, 0) is 18.9 Å². The summed E-state index contributed by atoms with van der Waals surface area (Å²) in [6.45, 7) is 8.38. The Labute approximate surface area is 85.8 Å². The molecule has 0 aliphatic carbocycles. The third kappa shape index (κ3) is 1.78. The van der Waals surface area contributed by atoms with Crippen molar-refractivity contribution in [1.82, 2.24) is 10.2 Å². The van der Waals surface area contributed by atoms with Gasteiger partial charge in [0.15, 0.2) is 0 Å². The summed E-state index contributed by atoms with van der Waals surface area (Å²) in [7, 11) is 0. The molecule has 0 saturated carbocycles. The lowest BCUT2D eigenvalue weighted by atomic mass is 9.86. The third-order valence-corrected chi connectivity index (χ3v) is 3.32. The number of nitrogens with one attached hydrogen (secondary N) is 1. The van der Waals surface area contributed by atoms with E-state index in [0.717, 1.165) is 32.6 Å². The monoisotopic (exact) mass is 196 g/mol. The van der Waals surface area contributed by atoms with E-state index in [4.69, 9.17) is 0 Å². The van der Waals surface area contributed by atoms with Crippen LogP contribution in [0.4, 0.5) is 0 Å². The zero-order valence-corrected chi connectivity index (χ0v) is 9.18. The van der Waals surface area contributed by atoms with Crippen LogP contribution in [0.3, 0.4) is 0 Å². The van der Waals surface area contributed by atoms with Gasteiger partial charge in [0.25, 0.3) is 0 Å². The Morgan fingerprint density at radius 3 is 2.93 bits per heavy atom. The van der Waals surface area contributed by atoms with Crippen LogP contribution in [0, 0.1) is 11.3 Å². The van der Waals surface area contributed by atoms with Gasteiger partial charge in [-0.3, -0.25) is 4.79 Å². The summed E-state index contributed by atoms with van der Waals surface area (Å²) in [6, 6.07) is 0. The van der Waals surface area contributed by atoms with Crippen LogP contribution in [0.2, 0.25) is 0 Å². The average molecular weight is 196 g/mol. The van der Waals surface area contributed by atoms with Gasteiger partial charge in [-0.2, -0.15) is 0 Å². The summed E-state index contributed by atoms with van der Waals surface area (Å²) in [5.41, 5.74) is 0.284. The minimum atomic E-state index is 0.284. The second-order valence-corrected chi connectivity index (χ2v) is 5.27. The molecule has 1 N–H and O–H groups in total. The lowest BCUT2D eigenvalue weighted by Crippen LogP contribution is -2.32. The van der Waals surface area contributed by atoms with Crippen molar-refractivity contribution in [3.05, 3.63) is 0 Å². The second kappa shape index (κ2) is 3.54. The van der Waals surface area contributed by atoms with Crippen LogP contribution >= 0.6 is 0 Å². The Kier molecular flexibility index (Phi) is 2.52. The molecule has 1 unspecified atom stereocenters. The topological polar surface area (TPSA) is 32.3 Å². The highest BCUT2D eigenvalue weighted by molar-refractivity contribution is 5.79. The summed E-state index contributed by atoms with van der Waals surface area (Å²) >= 11 is 0. The molecular formula is C11H20N2O. The number of hydrogen-bond acceptors (Lipinski definition) is 2. The summed E-state index contributed by atoms with van der Waals surface area (Å²) < 4.78 is 0. The number of nitrogens with zero attached hydrogens (tertiary/aromatic N) is 1. The molecule has 3 heteroatoms. The maximum Gasteiger partial charge on any atom is 0.223 e. The van der Waals surface area contributed by atoms with Crippen molar-refractivity contribution < 1.29 is 4.79 Å². The molecule has 0 radical (unpaired) electrons. The molecular weight excluding hydrogens is 176 g/mol. The Hall–Kier alpha value is -0.570. The molecule has 1 amide bonds. The third-order valence-electron chi connectivity index (χ3n) is 3.32. The maximum atomic E-state index is 11.8. The number of amides is 1. The number of hydrogen-bond donors (Lipinski definition) is 1. The number of carbonyl (C=O) groups excluding carboxylic acids is 1. The van der Waals surface area contributed by atoms with Gasteiger partial charge in [-0.15, -0.1) is 0 Å². The van der Waals surface area contributed by atoms with Crippen molar-refractivity contribution >= 4 is 5.91 Å². The van der Waals surface area contributed by atoms with Gasteiger partial charge in [0.05, 0.1) is 0 Å². The summed E-state index contributed by atoms with van der Waals surface area (Å²) in [5.74, 6) is 0.950. The molecule has 2 rings (SSSR count). The lowest BCUT2D eigenvalue weighted by molar-refractivity contribution is -0.128. The lowest BCUT2D eigenvalue weighted by Gasteiger charge is -2.23. The van der Waals surface area contributed by atoms with Gasteiger partial charge >= 0.3 is 0 Å². The molecule has 0 aromatic carbocycles. The molecule has 3 nitrogen and oxygen atoms in total. The fourth-order valence-corrected chi connectivity index (χ4v) is 2.67. The standard InChI is InChI=1S/C11H20N2O/c1-9(2)6-13-8-11(5-10(13)14)3-4-12-7-11/h9,12H,3-8H2,1-2H3. The Balaban J connectivity index is 1.99. The zero-order chi connectivity index (χ0) is 10.2. The van der Waals surface area contributed by atoms with E-state index >= 15 is 0 Å². The fraction of sp³-hybridized carbons (Fsp3) is 0.909. The Morgan fingerprint density at radius 1 is 1.57 bits per heavy atom. The van der Waals surface area contributed by atoms with Gasteiger partial charge in [0.2, 0.25) is 5.91 Å². The highest BCUT2D eigenvalue weighted by atomic mass is 16.2. The van der Waals surface area contributed by atoms with Crippen LogP contribution in [-0.4, -0.2) is 37.0 Å². The highest BCUT2D eigenvalue weighted by Crippen LogP contribution is 2.36. The van der Waals surface area contributed by atoms with E-state index in [0.29, 0.717) is 11.8 Å². The van der Waals surface area contributed by atoms with E-state index in [2.05, 4.69) is 24.1 Å². The van der Waals surface area contributed by atoms with Gasteiger partial charge in [0, 0.05) is 31.5 Å². The molecule has 14 heavy (non-hydrogen) atoms. The number of rotatable bonds is 2. The molecule has 2 heterocycles. The highest BCUT2D eigenvalue weighted by Gasteiger charge is 2.44. The van der Waals surface area contributed by atoms with Crippen LogP contribution in [0.5, 0.6) is 0 Å². The van der Waals surface area contributed by atoms with Crippen molar-refractivity contribution in [3.8, 4) is 0 Å². The molecule has 2 aliphatic rings. The van der Waals surface area contributed by atoms with Crippen LogP contribution in [0.25, 0.3) is 0 Å². The molecule has 0 aromatic heterocycles. The van der Waals surface area contributed by atoms with Gasteiger partial charge < -0.3 is 10.2 Å². The van der Waals surface area contributed by atoms with Crippen LogP contribution in [0.1, 0.15) is 26.7 Å². The smallest absolute Gasteiger partial charge is 0.223 e. The molecule has 0 bridgehead atoms. The molecule has 1 spiro atoms. The fourth-order valence-electron chi connectivity index (χ4n) is 2.67. The largest absolute Gasteiger partial charge is 0.342 e. The van der Waals surface area contributed by atoms with Crippen molar-refractivity contribution in [2.75, 3.05) is 26.2 Å². The van der Waals surface area contributed by atoms with Crippen LogP contribution < -0.4 is 5.32 Å². The van der Waals surface area contributed by atoms with Crippen LogP contribution in [-0.2, 0) is 4.79 Å². The second-order valence-electron chi connectivity index (χ2n) is 5.27. The van der Waals surface area contributed by atoms with Gasteiger partial charge in [-0.1, -0.05) is 13.8 Å². The van der Waals surface area contributed by atoms with Crippen LogP contribution in [0.15, 0.2) is 0 Å². The van der Waals surface area contributed by atoms with E-state index in [-0.39, 0.29) is 5.41 Å². The van der Waals surface area contributed by atoms with Crippen molar-refractivity contribution in [1.29, 1.82) is 0 Å². The predicted molar refractivity (Wildman–Crippen MR) is 56.0 cm³/mol. The number of carbonyl (C=O) groups is 1. The summed E-state index contributed by atoms with van der Waals surface area (Å²) in [5, 5.41) is 3.37. The van der Waals surface area contributed by atoms with Gasteiger partial charge in [0.1, 0.15) is 0 Å². The first-order valence-electron chi connectivity index (χ1n) is 5.60.